The van der Waals surface area contributed by atoms with E-state index >= 15 is 0 Å². The zero-order valence-electron chi connectivity index (χ0n) is 17.5. The highest BCUT2D eigenvalue weighted by Gasteiger charge is 2.15. The molecule has 1 unspecified atom stereocenters. The molecule has 2 rings (SSSR count). The first kappa shape index (κ1) is 23.6. The summed E-state index contributed by atoms with van der Waals surface area (Å²) in [5.74, 6) is 6.14. The van der Waals surface area contributed by atoms with Gasteiger partial charge in [-0.3, -0.25) is 4.79 Å². The number of nitrogens with one attached hydrogen (secondary N) is 1. The lowest BCUT2D eigenvalue weighted by molar-refractivity contribution is -0.131. The lowest BCUT2D eigenvalue weighted by Crippen LogP contribution is -2.38. The SMILES string of the molecule is CC.CCC(=O)N(CCNC(=O)OC1C#CCCCCC1)Cc1ccccc1.[HH]. The highest BCUT2D eigenvalue weighted by atomic mass is 16.6. The number of hydrogen-bond acceptors (Lipinski definition) is 3. The zero-order valence-corrected chi connectivity index (χ0v) is 17.5. The number of carbonyl (C=O) groups excluding carboxylic acids is 2. The van der Waals surface area contributed by atoms with Crippen LogP contribution in [0.3, 0.4) is 0 Å². The van der Waals surface area contributed by atoms with Gasteiger partial charge in [-0.1, -0.05) is 69.4 Å². The third-order valence-electron chi connectivity index (χ3n) is 4.30. The van der Waals surface area contributed by atoms with E-state index in [9.17, 15) is 9.59 Å². The molecule has 0 fully saturated rings. The fourth-order valence-corrected chi connectivity index (χ4v) is 2.85. The van der Waals surface area contributed by atoms with Crippen LogP contribution in [0, 0.1) is 11.8 Å². The fraction of sp³-hybridized carbons (Fsp3) is 0.565. The first-order valence-electron chi connectivity index (χ1n) is 10.4. The molecule has 0 aromatic heterocycles. The number of nitrogens with zero attached hydrogens (tertiary/aromatic N) is 1. The van der Waals surface area contributed by atoms with Crippen LogP contribution in [0.2, 0.25) is 0 Å². The maximum atomic E-state index is 12.1. The van der Waals surface area contributed by atoms with E-state index in [1.165, 1.54) is 0 Å². The summed E-state index contributed by atoms with van der Waals surface area (Å²) in [5.41, 5.74) is 1.07. The number of rotatable bonds is 7. The molecule has 0 bridgehead atoms. The van der Waals surface area contributed by atoms with Crippen molar-refractivity contribution in [2.24, 2.45) is 0 Å². The summed E-state index contributed by atoms with van der Waals surface area (Å²) < 4.78 is 5.39. The molecule has 0 aliphatic heterocycles. The Morgan fingerprint density at radius 1 is 1.21 bits per heavy atom. The Morgan fingerprint density at radius 2 is 1.96 bits per heavy atom. The van der Waals surface area contributed by atoms with Crippen LogP contribution in [0.25, 0.3) is 0 Å². The van der Waals surface area contributed by atoms with Gasteiger partial charge < -0.3 is 15.0 Å². The van der Waals surface area contributed by atoms with E-state index < -0.39 is 6.09 Å². The number of benzene rings is 1. The summed E-state index contributed by atoms with van der Waals surface area (Å²) in [7, 11) is 0. The molecule has 5 heteroatoms. The lowest BCUT2D eigenvalue weighted by atomic mass is 10.1. The number of carbonyl (C=O) groups is 2. The summed E-state index contributed by atoms with van der Waals surface area (Å²) >= 11 is 0. The highest BCUT2D eigenvalue weighted by Crippen LogP contribution is 2.11. The molecule has 0 radical (unpaired) electrons. The minimum absolute atomic E-state index is 0. The van der Waals surface area contributed by atoms with Crippen LogP contribution in [0.4, 0.5) is 4.79 Å². The fourth-order valence-electron chi connectivity index (χ4n) is 2.85. The first-order chi connectivity index (χ1) is 13.7. The van der Waals surface area contributed by atoms with Crippen molar-refractivity contribution in [2.75, 3.05) is 13.1 Å². The van der Waals surface area contributed by atoms with Gasteiger partial charge in [-0.2, -0.15) is 0 Å². The lowest BCUT2D eigenvalue weighted by Gasteiger charge is -2.23. The Labute approximate surface area is 171 Å². The molecule has 0 heterocycles. The Bertz CT molecular complexity index is 641. The van der Waals surface area contributed by atoms with Crippen molar-refractivity contribution < 1.29 is 15.8 Å². The van der Waals surface area contributed by atoms with Gasteiger partial charge >= 0.3 is 6.09 Å². The molecule has 1 atom stereocenters. The standard InChI is InChI=1S/C21H28N2O3.C2H6.H2/c1-2-20(24)23(17-18-11-7-6-8-12-18)16-15-22-21(25)26-19-13-9-4-3-5-10-14-19;1-2;/h6-8,11-12,19H,2-5,9,13,15-17H2,1H3,(H,22,25);1-2H3;1H. The molecule has 1 aliphatic carbocycles. The van der Waals surface area contributed by atoms with E-state index in [4.69, 9.17) is 4.74 Å². The van der Waals surface area contributed by atoms with Gasteiger partial charge in [-0.15, -0.1) is 0 Å². The molecule has 5 nitrogen and oxygen atoms in total. The van der Waals surface area contributed by atoms with Crippen LogP contribution in [-0.4, -0.2) is 36.1 Å². The molecular formula is C23H36N2O3. The van der Waals surface area contributed by atoms with Gasteiger partial charge in [0.25, 0.3) is 0 Å². The molecule has 28 heavy (non-hydrogen) atoms. The minimum atomic E-state index is -0.464. The molecule has 1 aromatic carbocycles. The van der Waals surface area contributed by atoms with Gasteiger partial charge in [0, 0.05) is 33.9 Å². The van der Waals surface area contributed by atoms with Crippen LogP contribution in [0.15, 0.2) is 30.3 Å². The monoisotopic (exact) mass is 388 g/mol. The van der Waals surface area contributed by atoms with E-state index in [0.717, 1.165) is 37.7 Å². The molecule has 0 saturated heterocycles. The zero-order chi connectivity index (χ0) is 20.6. The Morgan fingerprint density at radius 3 is 2.68 bits per heavy atom. The average Bonchev–Trinajstić information content (AvgIpc) is 2.71. The van der Waals surface area contributed by atoms with E-state index in [1.807, 2.05) is 51.1 Å². The maximum absolute atomic E-state index is 12.1. The second-order valence-electron chi connectivity index (χ2n) is 6.40. The number of amides is 2. The average molecular weight is 389 g/mol. The van der Waals surface area contributed by atoms with E-state index in [2.05, 4.69) is 17.2 Å². The van der Waals surface area contributed by atoms with E-state index in [0.29, 0.717) is 26.1 Å². The number of ether oxygens (including phenoxy) is 1. The Hall–Kier alpha value is -2.48. The third-order valence-corrected chi connectivity index (χ3v) is 4.30. The van der Waals surface area contributed by atoms with E-state index in [1.54, 1.807) is 4.90 Å². The van der Waals surface area contributed by atoms with Crippen molar-refractivity contribution >= 4 is 12.0 Å². The van der Waals surface area contributed by atoms with Crippen molar-refractivity contribution in [1.29, 1.82) is 0 Å². The van der Waals surface area contributed by atoms with Gasteiger partial charge in [0.05, 0.1) is 0 Å². The summed E-state index contributed by atoms with van der Waals surface area (Å²) in [6.07, 6.45) is 4.58. The van der Waals surface area contributed by atoms with Crippen molar-refractivity contribution in [2.45, 2.75) is 71.9 Å². The topological polar surface area (TPSA) is 58.6 Å². The third kappa shape index (κ3) is 9.45. The minimum Gasteiger partial charge on any atom is -0.433 e. The number of hydrogen-bond donors (Lipinski definition) is 1. The van der Waals surface area contributed by atoms with Gasteiger partial charge in [0.15, 0.2) is 6.10 Å². The smallest absolute Gasteiger partial charge is 0.408 e. The van der Waals surface area contributed by atoms with Crippen molar-refractivity contribution in [3.8, 4) is 11.8 Å². The van der Waals surface area contributed by atoms with Crippen LogP contribution in [0.1, 0.15) is 66.3 Å². The van der Waals surface area contributed by atoms with Crippen molar-refractivity contribution in [1.82, 2.24) is 10.2 Å². The predicted molar refractivity (Wildman–Crippen MR) is 115 cm³/mol. The van der Waals surface area contributed by atoms with Gasteiger partial charge in [0.1, 0.15) is 0 Å². The highest BCUT2D eigenvalue weighted by molar-refractivity contribution is 5.76. The van der Waals surface area contributed by atoms with Gasteiger partial charge in [-0.25, -0.2) is 4.79 Å². The quantitative estimate of drug-likeness (QED) is 0.685. The first-order valence-corrected chi connectivity index (χ1v) is 10.4. The Kier molecular flexibility index (Phi) is 12.3. The molecule has 1 N–H and O–H groups in total. The van der Waals surface area contributed by atoms with Crippen LogP contribution < -0.4 is 5.32 Å². The molecule has 0 spiro atoms. The van der Waals surface area contributed by atoms with Crippen molar-refractivity contribution in [3.05, 3.63) is 35.9 Å². The summed E-state index contributed by atoms with van der Waals surface area (Å²) in [6, 6.07) is 9.84. The molecule has 156 valence electrons. The molecule has 1 aliphatic rings. The second-order valence-corrected chi connectivity index (χ2v) is 6.40. The van der Waals surface area contributed by atoms with Crippen molar-refractivity contribution in [3.63, 3.8) is 0 Å². The molecule has 0 saturated carbocycles. The normalized spacial score (nSPS) is 15.5. The van der Waals surface area contributed by atoms with Crippen LogP contribution in [0.5, 0.6) is 0 Å². The van der Waals surface area contributed by atoms with Gasteiger partial charge in [-0.05, 0) is 24.8 Å². The summed E-state index contributed by atoms with van der Waals surface area (Å²) in [6.45, 7) is 7.19. The second kappa shape index (κ2) is 14.6. The van der Waals surface area contributed by atoms with Gasteiger partial charge in [0.2, 0.25) is 5.91 Å². The summed E-state index contributed by atoms with van der Waals surface area (Å²) in [5, 5.41) is 2.74. The predicted octanol–water partition coefficient (Wildman–Crippen LogP) is 4.76. The number of alkyl carbamates (subject to hydrolysis) is 1. The van der Waals surface area contributed by atoms with Crippen LogP contribution in [-0.2, 0) is 16.1 Å². The molecule has 2 amide bonds. The van der Waals surface area contributed by atoms with E-state index in [-0.39, 0.29) is 13.4 Å². The summed E-state index contributed by atoms with van der Waals surface area (Å²) in [4.78, 5) is 25.9. The largest absolute Gasteiger partial charge is 0.433 e. The maximum Gasteiger partial charge on any atom is 0.408 e. The molecular weight excluding hydrogens is 352 g/mol. The van der Waals surface area contributed by atoms with Crippen LogP contribution >= 0.6 is 0 Å². The Balaban J connectivity index is 0.00000253. The molecule has 1 aromatic rings.